The van der Waals surface area contributed by atoms with Gasteiger partial charge in [-0.05, 0) is 62.5 Å². The van der Waals surface area contributed by atoms with Crippen molar-refractivity contribution in [1.82, 2.24) is 20.4 Å². The minimum Gasteiger partial charge on any atom is -0.352 e. The van der Waals surface area contributed by atoms with Gasteiger partial charge in [-0.25, -0.2) is 4.68 Å². The van der Waals surface area contributed by atoms with Crippen LogP contribution in [0.4, 0.5) is 13.2 Å². The summed E-state index contributed by atoms with van der Waals surface area (Å²) < 4.78 is 39.9. The molecule has 3 rings (SSSR count). The van der Waals surface area contributed by atoms with Crippen molar-refractivity contribution >= 4 is 5.91 Å². The number of alkyl halides is 3. The minimum absolute atomic E-state index is 0.200. The van der Waals surface area contributed by atoms with Gasteiger partial charge in [0.05, 0.1) is 11.9 Å². The normalized spacial score (nSPS) is 17.9. The molecule has 0 aliphatic carbocycles. The molecule has 1 amide bonds. The molecule has 1 saturated heterocycles. The maximum Gasteiger partial charge on any atom is 0.433 e. The molecule has 5 nitrogen and oxygen atoms in total. The fraction of sp³-hybridized carbons (Fsp3) is 0.444. The molecule has 2 N–H and O–H groups in total. The van der Waals surface area contributed by atoms with Crippen LogP contribution in [0.3, 0.4) is 0 Å². The molecule has 1 aromatic heterocycles. The monoisotopic (exact) mass is 366 g/mol. The van der Waals surface area contributed by atoms with Gasteiger partial charge in [0.1, 0.15) is 5.69 Å². The quantitative estimate of drug-likeness (QED) is 0.855. The van der Waals surface area contributed by atoms with Crippen LogP contribution in [0.15, 0.2) is 36.5 Å². The highest BCUT2D eigenvalue weighted by Crippen LogP contribution is 2.30. The van der Waals surface area contributed by atoms with E-state index in [-0.39, 0.29) is 11.6 Å². The van der Waals surface area contributed by atoms with Gasteiger partial charge in [0, 0.05) is 12.1 Å². The lowest BCUT2D eigenvalue weighted by Gasteiger charge is -2.22. The lowest BCUT2D eigenvalue weighted by molar-refractivity contribution is -0.142. The second-order valence-corrected chi connectivity index (χ2v) is 6.43. The van der Waals surface area contributed by atoms with Crippen molar-refractivity contribution in [3.05, 3.63) is 47.8 Å². The van der Waals surface area contributed by atoms with Crippen LogP contribution in [-0.4, -0.2) is 35.3 Å². The van der Waals surface area contributed by atoms with Crippen LogP contribution >= 0.6 is 0 Å². The van der Waals surface area contributed by atoms with E-state index in [1.54, 1.807) is 12.1 Å². The fourth-order valence-corrected chi connectivity index (χ4v) is 3.16. The summed E-state index contributed by atoms with van der Waals surface area (Å²) in [7, 11) is 0. The van der Waals surface area contributed by atoms with E-state index in [0.717, 1.165) is 49.3 Å². The zero-order valence-electron chi connectivity index (χ0n) is 14.2. The summed E-state index contributed by atoms with van der Waals surface area (Å²) in [5.74, 6) is 0.255. The number of hydrogen-bond acceptors (Lipinski definition) is 3. The van der Waals surface area contributed by atoms with Crippen molar-refractivity contribution in [2.24, 2.45) is 5.92 Å². The Morgan fingerprint density at radius 1 is 1.35 bits per heavy atom. The third-order valence-electron chi connectivity index (χ3n) is 4.52. The van der Waals surface area contributed by atoms with Crippen LogP contribution in [0.1, 0.15) is 35.3 Å². The summed E-state index contributed by atoms with van der Waals surface area (Å²) in [5, 5.41) is 9.91. The van der Waals surface area contributed by atoms with Crippen molar-refractivity contribution in [2.45, 2.75) is 25.4 Å². The molecular weight excluding hydrogens is 345 g/mol. The standard InChI is InChI=1S/C18H21F3N4O/c19-18(20,21)16-7-10-24-25(16)15-5-1-4-14(11-15)17(26)23-9-6-13-3-2-8-22-12-13/h1,4-5,7,10-11,13,22H,2-3,6,8-9,12H2,(H,23,26). The van der Waals surface area contributed by atoms with E-state index in [2.05, 4.69) is 15.7 Å². The molecule has 2 heterocycles. The van der Waals surface area contributed by atoms with Crippen molar-refractivity contribution in [3.8, 4) is 5.69 Å². The van der Waals surface area contributed by atoms with E-state index in [4.69, 9.17) is 0 Å². The molecule has 0 bridgehead atoms. The Labute approximate surface area is 149 Å². The van der Waals surface area contributed by atoms with Gasteiger partial charge in [0.2, 0.25) is 0 Å². The summed E-state index contributed by atoms with van der Waals surface area (Å²) in [6.07, 6.45) is -0.240. The van der Waals surface area contributed by atoms with E-state index >= 15 is 0 Å². The summed E-state index contributed by atoms with van der Waals surface area (Å²) in [6.45, 7) is 2.55. The Morgan fingerprint density at radius 3 is 2.92 bits per heavy atom. The Bertz CT molecular complexity index is 751. The summed E-state index contributed by atoms with van der Waals surface area (Å²) in [5.41, 5.74) is -0.362. The Hall–Kier alpha value is -2.35. The highest BCUT2D eigenvalue weighted by molar-refractivity contribution is 5.94. The van der Waals surface area contributed by atoms with E-state index in [0.29, 0.717) is 18.0 Å². The summed E-state index contributed by atoms with van der Waals surface area (Å²) in [6, 6.07) is 6.95. The maximum absolute atomic E-state index is 13.0. The van der Waals surface area contributed by atoms with Crippen molar-refractivity contribution in [1.29, 1.82) is 0 Å². The lowest BCUT2D eigenvalue weighted by Crippen LogP contribution is -2.33. The van der Waals surface area contributed by atoms with Gasteiger partial charge in [-0.1, -0.05) is 6.07 Å². The first-order valence-electron chi connectivity index (χ1n) is 8.66. The number of carbonyl (C=O) groups excluding carboxylic acids is 1. The predicted octanol–water partition coefficient (Wildman–Crippen LogP) is 3.01. The number of nitrogens with one attached hydrogen (secondary N) is 2. The second-order valence-electron chi connectivity index (χ2n) is 6.43. The molecule has 8 heteroatoms. The molecule has 1 aromatic carbocycles. The molecule has 0 spiro atoms. The Morgan fingerprint density at radius 2 is 2.19 bits per heavy atom. The van der Waals surface area contributed by atoms with Crippen LogP contribution in [0.25, 0.3) is 5.69 Å². The number of carbonyl (C=O) groups is 1. The summed E-state index contributed by atoms with van der Waals surface area (Å²) >= 11 is 0. The van der Waals surface area contributed by atoms with Crippen LogP contribution in [0.2, 0.25) is 0 Å². The van der Waals surface area contributed by atoms with Gasteiger partial charge in [0.15, 0.2) is 0 Å². The lowest BCUT2D eigenvalue weighted by atomic mass is 9.96. The third kappa shape index (κ3) is 4.43. The maximum atomic E-state index is 13.0. The summed E-state index contributed by atoms with van der Waals surface area (Å²) in [4.78, 5) is 12.3. The van der Waals surface area contributed by atoms with Crippen LogP contribution in [0, 0.1) is 5.92 Å². The number of rotatable bonds is 5. The molecule has 140 valence electrons. The molecule has 1 aliphatic rings. The van der Waals surface area contributed by atoms with Gasteiger partial charge < -0.3 is 10.6 Å². The van der Waals surface area contributed by atoms with Gasteiger partial charge >= 0.3 is 6.18 Å². The number of piperidine rings is 1. The molecule has 0 radical (unpaired) electrons. The smallest absolute Gasteiger partial charge is 0.352 e. The molecule has 1 fully saturated rings. The van der Waals surface area contributed by atoms with Crippen molar-refractivity contribution in [3.63, 3.8) is 0 Å². The highest BCUT2D eigenvalue weighted by atomic mass is 19.4. The molecular formula is C18H21F3N4O. The number of halogens is 3. The number of hydrogen-bond donors (Lipinski definition) is 2. The second kappa shape index (κ2) is 7.90. The van der Waals surface area contributed by atoms with Crippen LogP contribution in [0.5, 0.6) is 0 Å². The van der Waals surface area contributed by atoms with E-state index in [1.165, 1.54) is 12.1 Å². The van der Waals surface area contributed by atoms with Crippen LogP contribution < -0.4 is 10.6 Å². The SMILES string of the molecule is O=C(NCCC1CCCNC1)c1cccc(-n2nccc2C(F)(F)F)c1. The largest absolute Gasteiger partial charge is 0.433 e. The first-order valence-corrected chi connectivity index (χ1v) is 8.66. The number of nitrogens with zero attached hydrogens (tertiary/aromatic N) is 2. The van der Waals surface area contributed by atoms with E-state index in [1.807, 2.05) is 0 Å². The zero-order valence-corrected chi connectivity index (χ0v) is 14.2. The predicted molar refractivity (Wildman–Crippen MR) is 91.1 cm³/mol. The average molecular weight is 366 g/mol. The Balaban J connectivity index is 1.65. The van der Waals surface area contributed by atoms with Crippen molar-refractivity contribution < 1.29 is 18.0 Å². The first-order chi connectivity index (χ1) is 12.4. The molecule has 2 aromatic rings. The van der Waals surface area contributed by atoms with Gasteiger partial charge in [-0.15, -0.1) is 0 Å². The zero-order chi connectivity index (χ0) is 18.6. The Kier molecular flexibility index (Phi) is 5.61. The number of amides is 1. The van der Waals surface area contributed by atoms with Gasteiger partial charge in [0.25, 0.3) is 5.91 Å². The number of benzene rings is 1. The first kappa shape index (κ1) is 18.4. The molecule has 26 heavy (non-hydrogen) atoms. The van der Waals surface area contributed by atoms with Crippen molar-refractivity contribution in [2.75, 3.05) is 19.6 Å². The fourth-order valence-electron chi connectivity index (χ4n) is 3.16. The van der Waals surface area contributed by atoms with E-state index in [9.17, 15) is 18.0 Å². The number of aromatic nitrogens is 2. The highest BCUT2D eigenvalue weighted by Gasteiger charge is 2.35. The third-order valence-corrected chi connectivity index (χ3v) is 4.52. The minimum atomic E-state index is -4.51. The van der Waals surface area contributed by atoms with E-state index < -0.39 is 11.9 Å². The van der Waals surface area contributed by atoms with Gasteiger partial charge in [-0.2, -0.15) is 18.3 Å². The van der Waals surface area contributed by atoms with Gasteiger partial charge in [-0.3, -0.25) is 4.79 Å². The average Bonchev–Trinajstić information content (AvgIpc) is 3.13. The molecule has 0 saturated carbocycles. The van der Waals surface area contributed by atoms with Crippen LogP contribution in [-0.2, 0) is 6.18 Å². The molecule has 1 atom stereocenters. The molecule has 1 aliphatic heterocycles. The topological polar surface area (TPSA) is 59.0 Å². The molecule has 1 unspecified atom stereocenters.